The summed E-state index contributed by atoms with van der Waals surface area (Å²) >= 11 is 1.91. The van der Waals surface area contributed by atoms with Gasteiger partial charge < -0.3 is 0 Å². The van der Waals surface area contributed by atoms with Crippen LogP contribution in [0.5, 0.6) is 0 Å². The molecule has 30 heavy (non-hydrogen) atoms. The van der Waals surface area contributed by atoms with Crippen molar-refractivity contribution in [3.63, 3.8) is 0 Å². The average Bonchev–Trinajstić information content (AvgIpc) is 2.81. The molecule has 2 aliphatic rings. The van der Waals surface area contributed by atoms with E-state index in [1.165, 1.54) is 65.1 Å². The first kappa shape index (κ1) is 19.9. The Morgan fingerprint density at radius 2 is 1.33 bits per heavy atom. The maximum Gasteiger partial charge on any atom is 0.0240 e. The molecule has 0 atom stereocenters. The highest BCUT2D eigenvalue weighted by atomic mass is 32.2. The largest absolute Gasteiger partial charge is 0.294 e. The van der Waals surface area contributed by atoms with Crippen LogP contribution in [-0.4, -0.2) is 28.8 Å². The highest BCUT2D eigenvalue weighted by Gasteiger charge is 2.16. The highest BCUT2D eigenvalue weighted by molar-refractivity contribution is 7.97. The summed E-state index contributed by atoms with van der Waals surface area (Å²) in [5.41, 5.74) is 7.01. The Kier molecular flexibility index (Phi) is 6.21. The first-order chi connectivity index (χ1) is 14.8. The van der Waals surface area contributed by atoms with Gasteiger partial charge in [-0.25, -0.2) is 4.31 Å². The van der Waals surface area contributed by atoms with E-state index in [2.05, 4.69) is 82.0 Å². The van der Waals surface area contributed by atoms with E-state index >= 15 is 0 Å². The molecule has 3 aromatic rings. The molecule has 0 bridgehead atoms. The third-order valence-electron chi connectivity index (χ3n) is 6.31. The zero-order chi connectivity index (χ0) is 20.2. The molecule has 5 rings (SSSR count). The van der Waals surface area contributed by atoms with Gasteiger partial charge in [0, 0.05) is 37.6 Å². The van der Waals surface area contributed by atoms with E-state index in [1.807, 2.05) is 11.9 Å². The van der Waals surface area contributed by atoms with Crippen molar-refractivity contribution in [2.45, 2.75) is 43.7 Å². The van der Waals surface area contributed by atoms with Crippen molar-refractivity contribution < 1.29 is 0 Å². The molecule has 2 nitrogen and oxygen atoms in total. The Bertz CT molecular complexity index is 959. The van der Waals surface area contributed by atoms with Gasteiger partial charge in [0.15, 0.2) is 0 Å². The molecule has 1 fully saturated rings. The van der Waals surface area contributed by atoms with Gasteiger partial charge in [0.05, 0.1) is 0 Å². The van der Waals surface area contributed by atoms with E-state index < -0.39 is 0 Å². The molecular formula is C27H30N2S. The lowest BCUT2D eigenvalue weighted by Crippen LogP contribution is -2.29. The molecule has 0 N–H and O–H groups in total. The van der Waals surface area contributed by atoms with Crippen molar-refractivity contribution >= 4 is 11.9 Å². The molecule has 0 unspecified atom stereocenters. The molecule has 3 aromatic carbocycles. The fraction of sp³-hybridized carbons (Fsp3) is 0.333. The molecule has 0 spiro atoms. The minimum absolute atomic E-state index is 1.03. The number of piperidine rings is 1. The van der Waals surface area contributed by atoms with Crippen molar-refractivity contribution in [2.24, 2.45) is 0 Å². The summed E-state index contributed by atoms with van der Waals surface area (Å²) in [6.07, 6.45) is 5.22. The summed E-state index contributed by atoms with van der Waals surface area (Å²) < 4.78 is 2.51. The number of rotatable bonds is 5. The highest BCUT2D eigenvalue weighted by Crippen LogP contribution is 2.29. The first-order valence-corrected chi connectivity index (χ1v) is 12.0. The van der Waals surface area contributed by atoms with Gasteiger partial charge in [-0.05, 0) is 71.2 Å². The molecule has 0 aliphatic carbocycles. The minimum Gasteiger partial charge on any atom is -0.294 e. The van der Waals surface area contributed by atoms with Crippen LogP contribution in [0.25, 0.3) is 11.1 Å². The quantitative estimate of drug-likeness (QED) is 0.446. The van der Waals surface area contributed by atoms with Crippen molar-refractivity contribution in [2.75, 3.05) is 19.6 Å². The maximum atomic E-state index is 2.56. The van der Waals surface area contributed by atoms with E-state index in [-0.39, 0.29) is 0 Å². The van der Waals surface area contributed by atoms with E-state index in [0.717, 1.165) is 26.1 Å². The predicted octanol–water partition coefficient (Wildman–Crippen LogP) is 6.40. The van der Waals surface area contributed by atoms with Crippen LogP contribution in [0.2, 0.25) is 0 Å². The van der Waals surface area contributed by atoms with Gasteiger partial charge in [-0.15, -0.1) is 0 Å². The van der Waals surface area contributed by atoms with Gasteiger partial charge >= 0.3 is 0 Å². The zero-order valence-electron chi connectivity index (χ0n) is 17.6. The fourth-order valence-electron chi connectivity index (χ4n) is 4.56. The molecule has 3 heteroatoms. The molecule has 0 aromatic heterocycles. The molecule has 0 amide bonds. The van der Waals surface area contributed by atoms with Gasteiger partial charge in [-0.1, -0.05) is 67.1 Å². The average molecular weight is 415 g/mol. The molecule has 154 valence electrons. The summed E-state index contributed by atoms with van der Waals surface area (Å²) in [5, 5.41) is 0. The van der Waals surface area contributed by atoms with Crippen LogP contribution < -0.4 is 0 Å². The summed E-state index contributed by atoms with van der Waals surface area (Å²) in [6.45, 7) is 5.68. The van der Waals surface area contributed by atoms with Crippen molar-refractivity contribution in [3.05, 3.63) is 89.5 Å². The van der Waals surface area contributed by atoms with Crippen LogP contribution >= 0.6 is 11.9 Å². The number of fused-ring (bicyclic) bond motifs is 1. The van der Waals surface area contributed by atoms with E-state index in [1.54, 1.807) is 0 Å². The zero-order valence-corrected chi connectivity index (χ0v) is 18.4. The van der Waals surface area contributed by atoms with Crippen LogP contribution in [0.4, 0.5) is 0 Å². The number of hydrogen-bond acceptors (Lipinski definition) is 3. The summed E-state index contributed by atoms with van der Waals surface area (Å²) in [4.78, 5) is 3.91. The van der Waals surface area contributed by atoms with Gasteiger partial charge in [0.2, 0.25) is 0 Å². The molecule has 2 aliphatic heterocycles. The van der Waals surface area contributed by atoms with Crippen LogP contribution in [-0.2, 0) is 19.5 Å². The topological polar surface area (TPSA) is 6.48 Å². The normalized spacial score (nSPS) is 17.6. The number of benzene rings is 3. The maximum absolute atomic E-state index is 2.56. The van der Waals surface area contributed by atoms with Gasteiger partial charge in [0.25, 0.3) is 0 Å². The van der Waals surface area contributed by atoms with Crippen molar-refractivity contribution in [1.82, 2.24) is 9.21 Å². The SMILES string of the molecule is c1ccc2c(c1)CCN(Cc1ccc(-c3ccc(SN4CCCCC4)cc3)cc1)C2. The third kappa shape index (κ3) is 4.80. The fourth-order valence-corrected chi connectivity index (χ4v) is 5.56. The third-order valence-corrected chi connectivity index (χ3v) is 7.41. The Morgan fingerprint density at radius 3 is 2.07 bits per heavy atom. The van der Waals surface area contributed by atoms with Crippen LogP contribution in [0.3, 0.4) is 0 Å². The second-order valence-electron chi connectivity index (χ2n) is 8.53. The monoisotopic (exact) mass is 414 g/mol. The Hall–Kier alpha value is -2.07. The van der Waals surface area contributed by atoms with Crippen LogP contribution in [0, 0.1) is 0 Å². The van der Waals surface area contributed by atoms with Crippen molar-refractivity contribution in [1.29, 1.82) is 0 Å². The number of hydrogen-bond donors (Lipinski definition) is 0. The molecule has 1 saturated heterocycles. The lowest BCUT2D eigenvalue weighted by Gasteiger charge is -2.28. The standard InChI is InChI=1S/C27H30N2S/c1-4-17-29(18-5-1)30-27-14-12-25(13-15-27)24-10-8-22(9-11-24)20-28-19-16-23-6-2-3-7-26(23)21-28/h2-3,6-15H,1,4-5,16-21H2. The summed E-state index contributed by atoms with van der Waals surface area (Å²) in [5.74, 6) is 0. The first-order valence-electron chi connectivity index (χ1n) is 11.2. The predicted molar refractivity (Wildman–Crippen MR) is 127 cm³/mol. The molecule has 0 radical (unpaired) electrons. The number of nitrogens with zero attached hydrogens (tertiary/aromatic N) is 2. The lowest BCUT2D eigenvalue weighted by atomic mass is 9.99. The lowest BCUT2D eigenvalue weighted by molar-refractivity contribution is 0.245. The second-order valence-corrected chi connectivity index (χ2v) is 9.70. The van der Waals surface area contributed by atoms with E-state index in [0.29, 0.717) is 0 Å². The molecule has 2 heterocycles. The molecular weight excluding hydrogens is 384 g/mol. The Balaban J connectivity index is 1.20. The smallest absolute Gasteiger partial charge is 0.0240 e. The van der Waals surface area contributed by atoms with Gasteiger partial charge in [-0.3, -0.25) is 4.90 Å². The minimum atomic E-state index is 1.03. The molecule has 0 saturated carbocycles. The second kappa shape index (κ2) is 9.38. The Labute approximate surface area is 185 Å². The van der Waals surface area contributed by atoms with Crippen molar-refractivity contribution in [3.8, 4) is 11.1 Å². The van der Waals surface area contributed by atoms with Crippen LogP contribution in [0.15, 0.2) is 77.7 Å². The summed E-state index contributed by atoms with van der Waals surface area (Å²) in [7, 11) is 0. The van der Waals surface area contributed by atoms with Gasteiger partial charge in [0.1, 0.15) is 0 Å². The Morgan fingerprint density at radius 1 is 0.667 bits per heavy atom. The van der Waals surface area contributed by atoms with Crippen LogP contribution in [0.1, 0.15) is 36.0 Å². The summed E-state index contributed by atoms with van der Waals surface area (Å²) in [6, 6.07) is 27.1. The van der Waals surface area contributed by atoms with E-state index in [9.17, 15) is 0 Å². The van der Waals surface area contributed by atoms with E-state index in [4.69, 9.17) is 0 Å². The van der Waals surface area contributed by atoms with Gasteiger partial charge in [-0.2, -0.15) is 0 Å².